The third kappa shape index (κ3) is 10.3. The number of aliphatic imine (C=N–C) groups is 1. The van der Waals surface area contributed by atoms with E-state index in [1.54, 1.807) is 6.92 Å². The molecule has 12 bridgehead atoms. The van der Waals surface area contributed by atoms with E-state index in [0.717, 1.165) is 73.1 Å². The Kier molecular flexibility index (Phi) is 14.6. The highest BCUT2D eigenvalue weighted by atomic mass is 16.5. The highest BCUT2D eigenvalue weighted by Crippen LogP contribution is 2.59. The number of nitrogens with zero attached hydrogens (tertiary/aromatic N) is 4. The van der Waals surface area contributed by atoms with E-state index in [0.29, 0.717) is 11.1 Å². The third-order valence-corrected chi connectivity index (χ3v) is 14.0. The van der Waals surface area contributed by atoms with E-state index in [2.05, 4.69) is 36.1 Å². The van der Waals surface area contributed by atoms with E-state index in [9.17, 15) is 0 Å². The van der Waals surface area contributed by atoms with Crippen molar-refractivity contribution in [2.24, 2.45) is 63.4 Å². The van der Waals surface area contributed by atoms with Gasteiger partial charge in [0.05, 0.1) is 5.54 Å². The molecule has 1 atom stereocenters. The monoisotopic (exact) mass is 698 g/mol. The van der Waals surface area contributed by atoms with Crippen LogP contribution in [0.15, 0.2) is 10.1 Å². The SMILES string of the molecule is CC=NC12CC3CC(CC(C3)C1)C2.CCO.CCOC(C)NC12CC3CC(CC(C3)C1)C2.CCOCC.[N-]=[N+]=NC12CC3CC(CC(C3)C1)C2. The first kappa shape index (κ1) is 40.0. The molecule has 0 aromatic rings. The molecule has 0 saturated heterocycles. The largest absolute Gasteiger partial charge is 0.397 e. The highest BCUT2D eigenvalue weighted by molar-refractivity contribution is 5.54. The zero-order valence-corrected chi connectivity index (χ0v) is 33.0. The lowest BCUT2D eigenvalue weighted by molar-refractivity contribution is -0.0598. The lowest BCUT2D eigenvalue weighted by Gasteiger charge is -2.57. The molecule has 0 aliphatic heterocycles. The number of nitrogens with one attached hydrogen (secondary N) is 1. The minimum atomic E-state index is 0.0590. The van der Waals surface area contributed by atoms with Crippen molar-refractivity contribution in [3.63, 3.8) is 0 Å². The first-order valence-corrected chi connectivity index (χ1v) is 21.2. The van der Waals surface area contributed by atoms with Crippen molar-refractivity contribution in [2.45, 2.75) is 180 Å². The second kappa shape index (κ2) is 18.2. The zero-order valence-electron chi connectivity index (χ0n) is 33.0. The first-order chi connectivity index (χ1) is 24.1. The molecule has 12 saturated carbocycles. The molecule has 0 aromatic carbocycles. The highest BCUT2D eigenvalue weighted by Gasteiger charge is 2.53. The van der Waals surface area contributed by atoms with Gasteiger partial charge in [-0.15, -0.1) is 0 Å². The number of rotatable bonds is 8. The zero-order chi connectivity index (χ0) is 35.8. The predicted molar refractivity (Wildman–Crippen MR) is 205 cm³/mol. The van der Waals surface area contributed by atoms with Crippen LogP contribution in [0.2, 0.25) is 0 Å². The topological polar surface area (TPSA) is 112 Å². The van der Waals surface area contributed by atoms with Gasteiger partial charge in [-0.3, -0.25) is 10.3 Å². The Labute approximate surface area is 305 Å². The Hall–Kier alpha value is -1.18. The number of aliphatic hydroxyl groups is 1. The van der Waals surface area contributed by atoms with Gasteiger partial charge in [-0.05, 0) is 222 Å². The molecule has 12 fully saturated rings. The minimum absolute atomic E-state index is 0.0590. The second-order valence-corrected chi connectivity index (χ2v) is 18.4. The molecule has 12 aliphatic rings. The Balaban J connectivity index is 0.000000132. The lowest BCUT2D eigenvalue weighted by atomic mass is 9.53. The van der Waals surface area contributed by atoms with Gasteiger partial charge in [0.2, 0.25) is 0 Å². The lowest BCUT2D eigenvalue weighted by Crippen LogP contribution is -2.60. The van der Waals surface area contributed by atoms with Gasteiger partial charge in [0.1, 0.15) is 6.23 Å². The molecular weight excluding hydrogens is 622 g/mol. The summed E-state index contributed by atoms with van der Waals surface area (Å²) in [6.07, 6.45) is 27.7. The van der Waals surface area contributed by atoms with Crippen LogP contribution in [0.5, 0.6) is 0 Å². The average molecular weight is 698 g/mol. The van der Waals surface area contributed by atoms with E-state index < -0.39 is 0 Å². The normalized spacial score (nSPS) is 43.7. The summed E-state index contributed by atoms with van der Waals surface area (Å²) in [5, 5.41) is 15.5. The molecule has 12 aliphatic carbocycles. The van der Waals surface area contributed by atoms with Crippen molar-refractivity contribution < 1.29 is 14.6 Å². The van der Waals surface area contributed by atoms with Gasteiger partial charge < -0.3 is 14.6 Å². The van der Waals surface area contributed by atoms with Crippen LogP contribution >= 0.6 is 0 Å². The molecule has 0 amide bonds. The summed E-state index contributed by atoms with van der Waals surface area (Å²) in [7, 11) is 0. The number of hydrogen-bond donors (Lipinski definition) is 2. The molecule has 0 heterocycles. The minimum Gasteiger partial charge on any atom is -0.397 e. The molecular formula is C42H75N5O3. The number of ether oxygens (including phenoxy) is 2. The molecule has 8 heteroatoms. The van der Waals surface area contributed by atoms with Crippen LogP contribution in [0, 0.1) is 53.3 Å². The summed E-state index contributed by atoms with van der Waals surface area (Å²) in [5.41, 5.74) is 9.51. The Bertz CT molecular complexity index is 1010. The smallest absolute Gasteiger partial charge is 0.105 e. The molecule has 286 valence electrons. The standard InChI is InChI=1S/C14H25NO.C12H19N.C10H15N3.C4H10O.C2H6O/c1-3-16-10(2)15-14-7-11-4-12(8-14)6-13(5-11)9-14;1-2-13-12-6-9-3-10(7-12)5-11(4-9)8-12;11-13-12-10-4-7-1-8(5-10)3-9(2-7)6-10;1-3-5-4-2;1-2-3/h10-13,15H,3-9H2,1-2H3;2,9-11H,3-8H2,1H3;7-9H,1-6H2;3-4H2,1-2H3;3H,2H2,1H3. The van der Waals surface area contributed by atoms with E-state index in [1.165, 1.54) is 116 Å². The number of hydrogen-bond acceptors (Lipinski definition) is 6. The predicted octanol–water partition coefficient (Wildman–Crippen LogP) is 10.3. The average Bonchev–Trinajstić information content (AvgIpc) is 3.01. The summed E-state index contributed by atoms with van der Waals surface area (Å²) in [5.74, 6) is 8.83. The van der Waals surface area contributed by atoms with Crippen LogP contribution in [-0.4, -0.2) is 60.6 Å². The first-order valence-electron chi connectivity index (χ1n) is 21.2. The van der Waals surface area contributed by atoms with Crippen molar-refractivity contribution in [3.8, 4) is 0 Å². The molecule has 50 heavy (non-hydrogen) atoms. The quantitative estimate of drug-likeness (QED) is 0.0864. The van der Waals surface area contributed by atoms with Crippen LogP contribution in [0.4, 0.5) is 0 Å². The fraction of sp³-hybridized carbons (Fsp3) is 0.976. The van der Waals surface area contributed by atoms with Gasteiger partial charge in [0, 0.05) is 42.4 Å². The van der Waals surface area contributed by atoms with Crippen molar-refractivity contribution in [3.05, 3.63) is 10.4 Å². The van der Waals surface area contributed by atoms with E-state index in [-0.39, 0.29) is 18.4 Å². The maximum absolute atomic E-state index is 8.58. The maximum Gasteiger partial charge on any atom is 0.105 e. The Morgan fingerprint density at radius 2 is 1.00 bits per heavy atom. The molecule has 0 spiro atoms. The van der Waals surface area contributed by atoms with E-state index >= 15 is 0 Å². The molecule has 0 aromatic heterocycles. The Morgan fingerprint density at radius 1 is 0.660 bits per heavy atom. The molecule has 2 N–H and O–H groups in total. The van der Waals surface area contributed by atoms with Gasteiger partial charge in [-0.25, -0.2) is 0 Å². The van der Waals surface area contributed by atoms with Crippen molar-refractivity contribution in [1.82, 2.24) is 5.32 Å². The van der Waals surface area contributed by atoms with E-state index in [1.807, 2.05) is 20.1 Å². The number of azide groups is 1. The molecule has 0 radical (unpaired) electrons. The van der Waals surface area contributed by atoms with Gasteiger partial charge in [-0.1, -0.05) is 5.11 Å². The van der Waals surface area contributed by atoms with E-state index in [4.69, 9.17) is 25.1 Å². The van der Waals surface area contributed by atoms with Gasteiger partial charge >= 0.3 is 0 Å². The fourth-order valence-electron chi connectivity index (χ4n) is 14.0. The summed E-state index contributed by atoms with van der Waals surface area (Å²) < 4.78 is 10.5. The van der Waals surface area contributed by atoms with Crippen LogP contribution in [0.25, 0.3) is 10.4 Å². The molecule has 1 unspecified atom stereocenters. The van der Waals surface area contributed by atoms with Gasteiger partial charge in [0.25, 0.3) is 0 Å². The maximum atomic E-state index is 8.58. The summed E-state index contributed by atoms with van der Waals surface area (Å²) >= 11 is 0. The van der Waals surface area contributed by atoms with Crippen molar-refractivity contribution in [2.75, 3.05) is 26.4 Å². The van der Waals surface area contributed by atoms with Gasteiger partial charge in [0.15, 0.2) is 0 Å². The van der Waals surface area contributed by atoms with Crippen LogP contribution in [-0.2, 0) is 9.47 Å². The summed E-state index contributed by atoms with van der Waals surface area (Å²) in [6.45, 7) is 14.7. The number of aliphatic hydroxyl groups excluding tert-OH is 1. The van der Waals surface area contributed by atoms with Crippen LogP contribution in [0.3, 0.4) is 0 Å². The second-order valence-electron chi connectivity index (χ2n) is 18.4. The molecule has 12 rings (SSSR count). The van der Waals surface area contributed by atoms with Gasteiger partial charge in [-0.2, -0.15) is 0 Å². The summed E-state index contributed by atoms with van der Waals surface area (Å²) in [4.78, 5) is 7.84. The molecule has 8 nitrogen and oxygen atoms in total. The third-order valence-electron chi connectivity index (χ3n) is 14.0. The summed E-state index contributed by atoms with van der Waals surface area (Å²) in [6, 6.07) is 0. The van der Waals surface area contributed by atoms with Crippen LogP contribution in [0.1, 0.15) is 157 Å². The van der Waals surface area contributed by atoms with Crippen molar-refractivity contribution in [1.29, 1.82) is 0 Å². The Morgan fingerprint density at radius 3 is 1.28 bits per heavy atom. The fourth-order valence-corrected chi connectivity index (χ4v) is 14.0. The van der Waals surface area contributed by atoms with Crippen molar-refractivity contribution >= 4 is 6.21 Å². The van der Waals surface area contributed by atoms with Crippen LogP contribution < -0.4 is 5.32 Å².